The molecule has 0 saturated carbocycles. The molecule has 0 aromatic rings. The van der Waals surface area contributed by atoms with Crippen LogP contribution >= 0.6 is 0 Å². The Balaban J connectivity index is 3.97. The third-order valence-electron chi connectivity index (χ3n) is 2.13. The van der Waals surface area contributed by atoms with Gasteiger partial charge < -0.3 is 16.4 Å². The Hall–Kier alpha value is -1.10. The van der Waals surface area contributed by atoms with Crippen molar-refractivity contribution >= 4 is 11.8 Å². The molecule has 5 nitrogen and oxygen atoms in total. The summed E-state index contributed by atoms with van der Waals surface area (Å²) in [5.41, 5.74) is 4.98. The fourth-order valence-corrected chi connectivity index (χ4v) is 1.20. The minimum absolute atomic E-state index is 0.00164. The van der Waals surface area contributed by atoms with Crippen LogP contribution < -0.4 is 16.4 Å². The van der Waals surface area contributed by atoms with Crippen molar-refractivity contribution < 1.29 is 9.59 Å². The van der Waals surface area contributed by atoms with Crippen molar-refractivity contribution in [1.29, 1.82) is 0 Å². The first-order valence-corrected chi connectivity index (χ1v) is 5.83. The lowest BCUT2D eigenvalue weighted by Gasteiger charge is -2.24. The molecule has 100 valence electrons. The van der Waals surface area contributed by atoms with Gasteiger partial charge in [0.2, 0.25) is 11.8 Å². The summed E-state index contributed by atoms with van der Waals surface area (Å²) in [6.07, 6.45) is 0.403. The van der Waals surface area contributed by atoms with Gasteiger partial charge in [0.1, 0.15) is 0 Å². The fourth-order valence-electron chi connectivity index (χ4n) is 1.20. The number of nitrogens with two attached hydrogens (primary N) is 1. The highest BCUT2D eigenvalue weighted by Crippen LogP contribution is 2.17. The Morgan fingerprint density at radius 1 is 1.06 bits per heavy atom. The Morgan fingerprint density at radius 2 is 1.59 bits per heavy atom. The molecule has 0 aromatic heterocycles. The summed E-state index contributed by atoms with van der Waals surface area (Å²) in [5.74, 6) is -0.332. The normalized spacial score (nSPS) is 12.1. The average molecular weight is 243 g/mol. The Labute approximate surface area is 104 Å². The lowest BCUT2D eigenvalue weighted by Crippen LogP contribution is -2.51. The van der Waals surface area contributed by atoms with Crippen molar-refractivity contribution in [3.8, 4) is 0 Å². The second-order valence-corrected chi connectivity index (χ2v) is 6.15. The molecule has 4 N–H and O–H groups in total. The molecule has 0 aromatic carbocycles. The molecular formula is C12H25N3O2. The summed E-state index contributed by atoms with van der Waals surface area (Å²) in [5, 5.41) is 5.34. The summed E-state index contributed by atoms with van der Waals surface area (Å²) < 4.78 is 0. The maximum atomic E-state index is 11.5. The SMILES string of the molecule is CC(C)(C)CC(=O)NCC(=O)NC(C)(C)CN. The van der Waals surface area contributed by atoms with Crippen molar-refractivity contribution in [3.05, 3.63) is 0 Å². The number of carbonyl (C=O) groups excluding carboxylic acids is 2. The smallest absolute Gasteiger partial charge is 0.239 e. The molecule has 2 amide bonds. The molecule has 0 aliphatic rings. The number of hydrogen-bond donors (Lipinski definition) is 3. The largest absolute Gasteiger partial charge is 0.348 e. The zero-order valence-electron chi connectivity index (χ0n) is 11.5. The van der Waals surface area contributed by atoms with E-state index < -0.39 is 5.54 Å². The molecule has 0 rings (SSSR count). The van der Waals surface area contributed by atoms with Gasteiger partial charge in [-0.15, -0.1) is 0 Å². The minimum Gasteiger partial charge on any atom is -0.348 e. The first-order chi connectivity index (χ1) is 7.56. The van der Waals surface area contributed by atoms with Crippen LogP contribution in [0.25, 0.3) is 0 Å². The van der Waals surface area contributed by atoms with Crippen LogP contribution in [0.5, 0.6) is 0 Å². The minimum atomic E-state index is -0.439. The standard InChI is InChI=1S/C12H25N3O2/c1-11(2,3)6-9(16)14-7-10(17)15-12(4,5)8-13/h6-8,13H2,1-5H3,(H,14,16)(H,15,17). The first kappa shape index (κ1) is 15.9. The van der Waals surface area contributed by atoms with Crippen molar-refractivity contribution in [2.75, 3.05) is 13.1 Å². The molecule has 0 heterocycles. The second kappa shape index (κ2) is 6.00. The number of carbonyl (C=O) groups is 2. The second-order valence-electron chi connectivity index (χ2n) is 6.15. The molecule has 0 atom stereocenters. The van der Waals surface area contributed by atoms with Crippen LogP contribution in [0.1, 0.15) is 41.0 Å². The molecule has 0 aliphatic heterocycles. The van der Waals surface area contributed by atoms with E-state index in [0.717, 1.165) is 0 Å². The third kappa shape index (κ3) is 8.68. The quantitative estimate of drug-likeness (QED) is 0.653. The van der Waals surface area contributed by atoms with E-state index in [2.05, 4.69) is 10.6 Å². The van der Waals surface area contributed by atoms with Gasteiger partial charge in [0.25, 0.3) is 0 Å². The van der Waals surface area contributed by atoms with Gasteiger partial charge in [-0.05, 0) is 19.3 Å². The van der Waals surface area contributed by atoms with Crippen LogP contribution in [0, 0.1) is 5.41 Å². The van der Waals surface area contributed by atoms with Gasteiger partial charge in [-0.2, -0.15) is 0 Å². The number of hydrogen-bond acceptors (Lipinski definition) is 3. The Morgan fingerprint density at radius 3 is 2.00 bits per heavy atom. The van der Waals surface area contributed by atoms with E-state index in [1.807, 2.05) is 34.6 Å². The Bertz CT molecular complexity index is 280. The maximum Gasteiger partial charge on any atom is 0.239 e. The fraction of sp³-hybridized carbons (Fsp3) is 0.833. The van der Waals surface area contributed by atoms with Crippen molar-refractivity contribution in [2.45, 2.75) is 46.6 Å². The van der Waals surface area contributed by atoms with Crippen molar-refractivity contribution in [2.24, 2.45) is 11.1 Å². The van der Waals surface area contributed by atoms with Crippen LogP contribution in [-0.2, 0) is 9.59 Å². The lowest BCUT2D eigenvalue weighted by atomic mass is 9.92. The van der Waals surface area contributed by atoms with Crippen LogP contribution in [-0.4, -0.2) is 30.4 Å². The topological polar surface area (TPSA) is 84.2 Å². The van der Waals surface area contributed by atoms with Gasteiger partial charge in [-0.25, -0.2) is 0 Å². The molecule has 0 saturated heterocycles. The maximum absolute atomic E-state index is 11.5. The highest BCUT2D eigenvalue weighted by Gasteiger charge is 2.19. The van der Waals surface area contributed by atoms with E-state index in [0.29, 0.717) is 13.0 Å². The molecular weight excluding hydrogens is 218 g/mol. The molecule has 0 aliphatic carbocycles. The predicted molar refractivity (Wildman–Crippen MR) is 68.4 cm³/mol. The van der Waals surface area contributed by atoms with Gasteiger partial charge in [0, 0.05) is 18.5 Å². The average Bonchev–Trinajstić information content (AvgIpc) is 2.11. The van der Waals surface area contributed by atoms with Gasteiger partial charge in [-0.3, -0.25) is 9.59 Å². The monoisotopic (exact) mass is 243 g/mol. The van der Waals surface area contributed by atoms with Crippen molar-refractivity contribution in [3.63, 3.8) is 0 Å². The predicted octanol–water partition coefficient (Wildman–Crippen LogP) is 0.392. The van der Waals surface area contributed by atoms with Gasteiger partial charge >= 0.3 is 0 Å². The Kier molecular flexibility index (Phi) is 5.61. The summed E-state index contributed by atoms with van der Waals surface area (Å²) in [4.78, 5) is 23.0. The number of rotatable bonds is 5. The van der Waals surface area contributed by atoms with E-state index in [1.54, 1.807) is 0 Å². The highest BCUT2D eigenvalue weighted by molar-refractivity contribution is 5.85. The number of amides is 2. The van der Waals surface area contributed by atoms with Crippen molar-refractivity contribution in [1.82, 2.24) is 10.6 Å². The van der Waals surface area contributed by atoms with Gasteiger partial charge in [-0.1, -0.05) is 20.8 Å². The van der Waals surface area contributed by atoms with Gasteiger partial charge in [0.15, 0.2) is 0 Å². The zero-order valence-corrected chi connectivity index (χ0v) is 11.5. The number of nitrogens with one attached hydrogen (secondary N) is 2. The summed E-state index contributed by atoms with van der Waals surface area (Å²) in [7, 11) is 0. The molecule has 0 spiro atoms. The molecule has 17 heavy (non-hydrogen) atoms. The third-order valence-corrected chi connectivity index (χ3v) is 2.13. The van der Waals surface area contributed by atoms with Crippen LogP contribution in [0.4, 0.5) is 0 Å². The van der Waals surface area contributed by atoms with E-state index in [1.165, 1.54) is 0 Å². The molecule has 0 bridgehead atoms. The zero-order chi connectivity index (χ0) is 13.7. The molecule has 5 heteroatoms. The summed E-state index contributed by atoms with van der Waals surface area (Å²) >= 11 is 0. The van der Waals surface area contributed by atoms with E-state index in [9.17, 15) is 9.59 Å². The molecule has 0 radical (unpaired) electrons. The van der Waals surface area contributed by atoms with E-state index >= 15 is 0 Å². The lowest BCUT2D eigenvalue weighted by molar-refractivity contribution is -0.127. The van der Waals surface area contributed by atoms with E-state index in [4.69, 9.17) is 5.73 Å². The summed E-state index contributed by atoms with van der Waals surface area (Å²) in [6.45, 7) is 9.95. The summed E-state index contributed by atoms with van der Waals surface area (Å²) in [6, 6.07) is 0. The van der Waals surface area contributed by atoms with Crippen LogP contribution in [0.2, 0.25) is 0 Å². The first-order valence-electron chi connectivity index (χ1n) is 5.83. The van der Waals surface area contributed by atoms with Gasteiger partial charge in [0.05, 0.1) is 6.54 Å². The van der Waals surface area contributed by atoms with Crippen LogP contribution in [0.3, 0.4) is 0 Å². The molecule has 0 unspecified atom stereocenters. The highest BCUT2D eigenvalue weighted by atomic mass is 16.2. The van der Waals surface area contributed by atoms with Crippen LogP contribution in [0.15, 0.2) is 0 Å². The molecule has 0 fully saturated rings. The van der Waals surface area contributed by atoms with E-state index in [-0.39, 0.29) is 23.8 Å².